The molecular weight excluding hydrogens is 350 g/mol. The van der Waals surface area contributed by atoms with Gasteiger partial charge in [0.2, 0.25) is 5.88 Å². The van der Waals surface area contributed by atoms with Gasteiger partial charge in [-0.1, -0.05) is 48.6 Å². The molecule has 0 bridgehead atoms. The van der Waals surface area contributed by atoms with Crippen molar-refractivity contribution in [3.05, 3.63) is 65.9 Å². The van der Waals surface area contributed by atoms with Gasteiger partial charge in [-0.25, -0.2) is 4.98 Å². The molecule has 0 atom stereocenters. The van der Waals surface area contributed by atoms with Gasteiger partial charge in [-0.3, -0.25) is 9.89 Å². The van der Waals surface area contributed by atoms with E-state index in [0.717, 1.165) is 44.2 Å². The van der Waals surface area contributed by atoms with Gasteiger partial charge < -0.3 is 15.0 Å². The second-order valence-corrected chi connectivity index (χ2v) is 6.71. The van der Waals surface area contributed by atoms with Gasteiger partial charge >= 0.3 is 0 Å². The van der Waals surface area contributed by atoms with Crippen LogP contribution in [0.3, 0.4) is 0 Å². The van der Waals surface area contributed by atoms with E-state index in [9.17, 15) is 0 Å². The Hall–Kier alpha value is -2.86. The second-order valence-electron chi connectivity index (χ2n) is 6.71. The van der Waals surface area contributed by atoms with Crippen LogP contribution in [-0.4, -0.2) is 67.6 Å². The summed E-state index contributed by atoms with van der Waals surface area (Å²) in [4.78, 5) is 13.5. The van der Waals surface area contributed by atoms with Crippen LogP contribution in [0.4, 0.5) is 0 Å². The highest BCUT2D eigenvalue weighted by Crippen LogP contribution is 2.08. The molecule has 148 valence electrons. The van der Waals surface area contributed by atoms with E-state index >= 15 is 0 Å². The maximum atomic E-state index is 5.10. The van der Waals surface area contributed by atoms with Crippen LogP contribution in [0.15, 0.2) is 59.7 Å². The molecule has 0 spiro atoms. The van der Waals surface area contributed by atoms with Gasteiger partial charge in [-0.05, 0) is 11.1 Å². The van der Waals surface area contributed by atoms with Crippen molar-refractivity contribution in [3.8, 4) is 5.88 Å². The van der Waals surface area contributed by atoms with Gasteiger partial charge in [-0.15, -0.1) is 0 Å². The number of methoxy groups -OCH3 is 1. The quantitative estimate of drug-likeness (QED) is 0.617. The summed E-state index contributed by atoms with van der Waals surface area (Å²) < 4.78 is 5.10. The Labute approximate surface area is 167 Å². The van der Waals surface area contributed by atoms with Crippen molar-refractivity contribution >= 4 is 12.0 Å². The minimum Gasteiger partial charge on any atom is -0.481 e. The summed E-state index contributed by atoms with van der Waals surface area (Å²) in [5, 5.41) is 3.44. The number of aromatic nitrogens is 1. The highest BCUT2D eigenvalue weighted by atomic mass is 16.5. The van der Waals surface area contributed by atoms with Gasteiger partial charge in [0.15, 0.2) is 5.96 Å². The number of guanidine groups is 1. The number of nitrogens with zero attached hydrogens (tertiary/aromatic N) is 4. The van der Waals surface area contributed by atoms with Crippen LogP contribution in [0.25, 0.3) is 6.08 Å². The van der Waals surface area contributed by atoms with E-state index in [1.54, 1.807) is 7.11 Å². The molecule has 0 unspecified atom stereocenters. The Morgan fingerprint density at radius 1 is 1.14 bits per heavy atom. The molecule has 6 heteroatoms. The largest absolute Gasteiger partial charge is 0.481 e. The maximum Gasteiger partial charge on any atom is 0.212 e. The Morgan fingerprint density at radius 2 is 1.93 bits per heavy atom. The first kappa shape index (κ1) is 19.9. The fourth-order valence-corrected chi connectivity index (χ4v) is 3.19. The molecule has 1 aromatic carbocycles. The third kappa shape index (κ3) is 5.82. The van der Waals surface area contributed by atoms with E-state index in [4.69, 9.17) is 4.74 Å². The number of ether oxygens (including phenoxy) is 1. The lowest BCUT2D eigenvalue weighted by atomic mass is 10.2. The Kier molecular flexibility index (Phi) is 7.44. The average Bonchev–Trinajstić information content (AvgIpc) is 2.76. The van der Waals surface area contributed by atoms with Crippen molar-refractivity contribution in [2.45, 2.75) is 6.54 Å². The number of aliphatic imine (C=N–C) groups is 1. The minimum atomic E-state index is 0.630. The number of hydrogen-bond donors (Lipinski definition) is 1. The molecule has 1 N–H and O–H groups in total. The number of hydrogen-bond acceptors (Lipinski definition) is 4. The molecule has 2 heterocycles. The zero-order valence-corrected chi connectivity index (χ0v) is 16.7. The van der Waals surface area contributed by atoms with Crippen LogP contribution >= 0.6 is 0 Å². The topological polar surface area (TPSA) is 53.0 Å². The summed E-state index contributed by atoms with van der Waals surface area (Å²) in [6.07, 6.45) is 6.26. The first-order valence-corrected chi connectivity index (χ1v) is 9.67. The van der Waals surface area contributed by atoms with Crippen molar-refractivity contribution < 1.29 is 4.74 Å². The molecule has 0 aliphatic carbocycles. The lowest BCUT2D eigenvalue weighted by Gasteiger charge is -2.36. The molecule has 1 aliphatic heterocycles. The number of benzene rings is 1. The normalized spacial score (nSPS) is 15.8. The molecule has 0 radical (unpaired) electrons. The van der Waals surface area contributed by atoms with Crippen molar-refractivity contribution in [3.63, 3.8) is 0 Å². The first-order chi connectivity index (χ1) is 13.8. The summed E-state index contributed by atoms with van der Waals surface area (Å²) in [7, 11) is 3.46. The lowest BCUT2D eigenvalue weighted by molar-refractivity contribution is 0.194. The number of pyridine rings is 1. The van der Waals surface area contributed by atoms with Crippen LogP contribution in [0.5, 0.6) is 5.88 Å². The highest BCUT2D eigenvalue weighted by molar-refractivity contribution is 5.80. The molecule has 0 saturated carbocycles. The van der Waals surface area contributed by atoms with Gasteiger partial charge in [-0.2, -0.15) is 0 Å². The Morgan fingerprint density at radius 3 is 2.57 bits per heavy atom. The molecular formula is C22H29N5O. The van der Waals surface area contributed by atoms with E-state index in [1.807, 2.05) is 31.4 Å². The number of rotatable bonds is 6. The van der Waals surface area contributed by atoms with Crippen LogP contribution in [0.2, 0.25) is 0 Å². The molecule has 28 heavy (non-hydrogen) atoms. The molecule has 6 nitrogen and oxygen atoms in total. The molecule has 1 saturated heterocycles. The lowest BCUT2D eigenvalue weighted by Crippen LogP contribution is -2.52. The number of piperazine rings is 1. The van der Waals surface area contributed by atoms with E-state index in [-0.39, 0.29) is 0 Å². The SMILES string of the molecule is CN=C(NCc1ccc(OC)nc1)N1CCN(C/C=C/c2ccccc2)CC1. The van der Waals surface area contributed by atoms with Gasteiger partial charge in [0.25, 0.3) is 0 Å². The Bertz CT molecular complexity index is 765. The van der Waals surface area contributed by atoms with Crippen molar-refractivity contribution in [2.75, 3.05) is 46.9 Å². The molecule has 1 aromatic heterocycles. The van der Waals surface area contributed by atoms with Crippen molar-refractivity contribution in [2.24, 2.45) is 4.99 Å². The van der Waals surface area contributed by atoms with E-state index in [1.165, 1.54) is 5.56 Å². The summed E-state index contributed by atoms with van der Waals surface area (Å²) in [5.74, 6) is 1.57. The summed E-state index contributed by atoms with van der Waals surface area (Å²) in [5.41, 5.74) is 2.35. The van der Waals surface area contributed by atoms with E-state index in [2.05, 4.69) is 61.5 Å². The van der Waals surface area contributed by atoms with Crippen LogP contribution < -0.4 is 10.1 Å². The molecule has 0 amide bonds. The summed E-state index contributed by atoms with van der Waals surface area (Å²) in [6.45, 7) is 5.68. The maximum absolute atomic E-state index is 5.10. The van der Waals surface area contributed by atoms with Crippen LogP contribution in [-0.2, 0) is 6.54 Å². The standard InChI is InChI=1S/C22H29N5O/c1-23-22(25-18-20-10-11-21(28-2)24-17-20)27-15-13-26(14-16-27)12-6-9-19-7-4-3-5-8-19/h3-11,17H,12-16,18H2,1-2H3,(H,23,25)/b9-6+. The zero-order valence-electron chi connectivity index (χ0n) is 16.7. The smallest absolute Gasteiger partial charge is 0.212 e. The highest BCUT2D eigenvalue weighted by Gasteiger charge is 2.18. The zero-order chi connectivity index (χ0) is 19.6. The first-order valence-electron chi connectivity index (χ1n) is 9.67. The predicted octanol–water partition coefficient (Wildman–Crippen LogP) is 2.50. The summed E-state index contributed by atoms with van der Waals surface area (Å²) in [6, 6.07) is 14.3. The van der Waals surface area contributed by atoms with Crippen molar-refractivity contribution in [1.82, 2.24) is 20.1 Å². The number of nitrogens with one attached hydrogen (secondary N) is 1. The van der Waals surface area contributed by atoms with Crippen LogP contribution in [0.1, 0.15) is 11.1 Å². The van der Waals surface area contributed by atoms with Crippen LogP contribution in [0, 0.1) is 0 Å². The third-order valence-corrected chi connectivity index (χ3v) is 4.81. The van der Waals surface area contributed by atoms with E-state index in [0.29, 0.717) is 12.4 Å². The predicted molar refractivity (Wildman–Crippen MR) is 114 cm³/mol. The fourth-order valence-electron chi connectivity index (χ4n) is 3.19. The van der Waals surface area contributed by atoms with E-state index < -0.39 is 0 Å². The monoisotopic (exact) mass is 379 g/mol. The molecule has 1 aliphatic rings. The van der Waals surface area contributed by atoms with Crippen molar-refractivity contribution in [1.29, 1.82) is 0 Å². The van der Waals surface area contributed by atoms with Gasteiger partial charge in [0.1, 0.15) is 0 Å². The second kappa shape index (κ2) is 10.5. The fraction of sp³-hybridized carbons (Fsp3) is 0.364. The third-order valence-electron chi connectivity index (χ3n) is 4.81. The molecule has 3 rings (SSSR count). The Balaban J connectivity index is 1.42. The molecule has 1 fully saturated rings. The van der Waals surface area contributed by atoms with Gasteiger partial charge in [0.05, 0.1) is 7.11 Å². The average molecular weight is 380 g/mol. The minimum absolute atomic E-state index is 0.630. The molecule has 2 aromatic rings. The summed E-state index contributed by atoms with van der Waals surface area (Å²) >= 11 is 0. The van der Waals surface area contributed by atoms with Gasteiger partial charge in [0, 0.05) is 58.6 Å².